The Morgan fingerprint density at radius 2 is 2.11 bits per heavy atom. The van der Waals surface area contributed by atoms with Crippen LogP contribution in [0, 0.1) is 0 Å². The van der Waals surface area contributed by atoms with Crippen LogP contribution in [0.15, 0.2) is 41.6 Å². The van der Waals surface area contributed by atoms with Crippen molar-refractivity contribution in [3.05, 3.63) is 47.3 Å². The molecule has 0 spiro atoms. The number of hydrogen-bond donors (Lipinski definition) is 1. The Bertz CT molecular complexity index is 606. The molecule has 1 aliphatic heterocycles. The summed E-state index contributed by atoms with van der Waals surface area (Å²) in [6, 6.07) is 5.52. The zero-order valence-electron chi connectivity index (χ0n) is 10.3. The summed E-state index contributed by atoms with van der Waals surface area (Å²) < 4.78 is 8.82. The van der Waals surface area contributed by atoms with Gasteiger partial charge in [-0.3, -0.25) is 4.57 Å². The van der Waals surface area contributed by atoms with Crippen molar-refractivity contribution in [2.75, 3.05) is 6.61 Å². The monoisotopic (exact) mass is 261 g/mol. The lowest BCUT2D eigenvalue weighted by atomic mass is 10.2. The molecule has 0 saturated carbocycles. The fraction of sp³-hybridized carbons (Fsp3) is 0.385. The second-order valence-corrected chi connectivity index (χ2v) is 4.54. The van der Waals surface area contributed by atoms with Crippen molar-refractivity contribution in [3.8, 4) is 5.82 Å². The number of aliphatic hydroxyl groups is 1. The van der Waals surface area contributed by atoms with Gasteiger partial charge in [-0.05, 0) is 31.0 Å². The molecule has 6 heteroatoms. The first-order chi connectivity index (χ1) is 9.28. The van der Waals surface area contributed by atoms with Crippen LogP contribution < -0.4 is 5.69 Å². The fourth-order valence-electron chi connectivity index (χ4n) is 2.28. The van der Waals surface area contributed by atoms with Crippen LogP contribution in [-0.4, -0.2) is 31.9 Å². The highest BCUT2D eigenvalue weighted by atomic mass is 16.5. The van der Waals surface area contributed by atoms with E-state index in [1.807, 2.05) is 24.5 Å². The molecule has 1 saturated heterocycles. The van der Waals surface area contributed by atoms with Crippen molar-refractivity contribution < 1.29 is 9.84 Å². The Morgan fingerprint density at radius 3 is 2.74 bits per heavy atom. The van der Waals surface area contributed by atoms with E-state index in [0.29, 0.717) is 5.82 Å². The molecule has 2 aromatic rings. The molecule has 0 radical (unpaired) electrons. The highest BCUT2D eigenvalue weighted by Crippen LogP contribution is 2.26. The average Bonchev–Trinajstić information content (AvgIpc) is 3.10. The van der Waals surface area contributed by atoms with Crippen LogP contribution in [0.1, 0.15) is 19.1 Å². The zero-order chi connectivity index (χ0) is 13.2. The Kier molecular flexibility index (Phi) is 3.18. The largest absolute Gasteiger partial charge is 0.394 e. The fourth-order valence-corrected chi connectivity index (χ4v) is 2.28. The van der Waals surface area contributed by atoms with E-state index in [9.17, 15) is 4.79 Å². The molecule has 0 aliphatic carbocycles. The highest BCUT2D eigenvalue weighted by Gasteiger charge is 2.26. The minimum atomic E-state index is -0.338. The Morgan fingerprint density at radius 1 is 1.32 bits per heavy atom. The maximum absolute atomic E-state index is 12.0. The van der Waals surface area contributed by atoms with Gasteiger partial charge in [-0.1, -0.05) is 0 Å². The maximum atomic E-state index is 12.0. The summed E-state index contributed by atoms with van der Waals surface area (Å²) in [5, 5.41) is 9.04. The van der Waals surface area contributed by atoms with Crippen LogP contribution in [0.5, 0.6) is 0 Å². The summed E-state index contributed by atoms with van der Waals surface area (Å²) in [7, 11) is 0. The summed E-state index contributed by atoms with van der Waals surface area (Å²) in [6.07, 6.45) is 6.33. The van der Waals surface area contributed by atoms with Gasteiger partial charge in [0.05, 0.1) is 12.7 Å². The van der Waals surface area contributed by atoms with Gasteiger partial charge in [0, 0.05) is 18.6 Å². The first kappa shape index (κ1) is 12.1. The Hall–Kier alpha value is -1.92. The molecule has 19 heavy (non-hydrogen) atoms. The molecule has 2 atom stereocenters. The van der Waals surface area contributed by atoms with E-state index in [2.05, 4.69) is 4.98 Å². The smallest absolute Gasteiger partial charge is 0.351 e. The number of nitrogens with zero attached hydrogens (tertiary/aromatic N) is 3. The van der Waals surface area contributed by atoms with Crippen LogP contribution in [0.4, 0.5) is 0 Å². The molecule has 0 aromatic carbocycles. The maximum Gasteiger partial charge on any atom is 0.351 e. The van der Waals surface area contributed by atoms with Crippen molar-refractivity contribution in [1.29, 1.82) is 0 Å². The van der Waals surface area contributed by atoms with E-state index in [-0.39, 0.29) is 24.6 Å². The molecule has 2 aromatic heterocycles. The topological polar surface area (TPSA) is 69.3 Å². The van der Waals surface area contributed by atoms with Gasteiger partial charge in [0.25, 0.3) is 0 Å². The molecule has 0 amide bonds. The minimum absolute atomic E-state index is 0.0138. The molecule has 1 fully saturated rings. The molecule has 1 N–H and O–H groups in total. The van der Waals surface area contributed by atoms with E-state index < -0.39 is 0 Å². The van der Waals surface area contributed by atoms with Crippen molar-refractivity contribution in [2.45, 2.75) is 25.2 Å². The van der Waals surface area contributed by atoms with Crippen LogP contribution in [0.25, 0.3) is 5.82 Å². The molecular formula is C13H15N3O3. The van der Waals surface area contributed by atoms with Gasteiger partial charge >= 0.3 is 5.69 Å². The van der Waals surface area contributed by atoms with Crippen molar-refractivity contribution in [1.82, 2.24) is 14.1 Å². The first-order valence-corrected chi connectivity index (χ1v) is 6.27. The zero-order valence-corrected chi connectivity index (χ0v) is 10.3. The van der Waals surface area contributed by atoms with Crippen LogP contribution in [0.3, 0.4) is 0 Å². The van der Waals surface area contributed by atoms with Crippen LogP contribution in [0.2, 0.25) is 0 Å². The lowest BCUT2D eigenvalue weighted by Crippen LogP contribution is -2.28. The standard InChI is InChI=1S/C13H15N3O3/c17-9-10-3-4-12(19-10)16-8-5-11(14-13(16)18)15-6-1-2-7-15/h1-2,5-8,10,12,17H,3-4,9H2. The van der Waals surface area contributed by atoms with Crippen LogP contribution >= 0.6 is 0 Å². The molecule has 3 heterocycles. The number of hydrogen-bond acceptors (Lipinski definition) is 4. The van der Waals surface area contributed by atoms with Gasteiger partial charge in [-0.25, -0.2) is 4.79 Å². The number of aliphatic hydroxyl groups excluding tert-OH is 1. The first-order valence-electron chi connectivity index (χ1n) is 6.27. The Labute approximate surface area is 109 Å². The SMILES string of the molecule is O=c1nc(-n2cccc2)ccn1C1CCC(CO)O1. The number of rotatable bonds is 3. The normalized spacial score (nSPS) is 22.8. The second kappa shape index (κ2) is 4.99. The predicted octanol–water partition coefficient (Wildman–Crippen LogP) is 0.704. The third-order valence-electron chi connectivity index (χ3n) is 3.28. The van der Waals surface area contributed by atoms with Gasteiger partial charge in [-0.2, -0.15) is 4.98 Å². The van der Waals surface area contributed by atoms with Crippen LogP contribution in [-0.2, 0) is 4.74 Å². The average molecular weight is 261 g/mol. The van der Waals surface area contributed by atoms with E-state index in [0.717, 1.165) is 12.8 Å². The highest BCUT2D eigenvalue weighted by molar-refractivity contribution is 5.20. The molecule has 2 unspecified atom stereocenters. The van der Waals surface area contributed by atoms with Gasteiger partial charge in [0.15, 0.2) is 0 Å². The molecular weight excluding hydrogens is 246 g/mol. The van der Waals surface area contributed by atoms with E-state index in [1.165, 1.54) is 4.57 Å². The molecule has 6 nitrogen and oxygen atoms in total. The van der Waals surface area contributed by atoms with Gasteiger partial charge < -0.3 is 14.4 Å². The lowest BCUT2D eigenvalue weighted by Gasteiger charge is -2.14. The van der Waals surface area contributed by atoms with E-state index in [4.69, 9.17) is 9.84 Å². The predicted molar refractivity (Wildman–Crippen MR) is 68.1 cm³/mol. The molecule has 1 aliphatic rings. The third-order valence-corrected chi connectivity index (χ3v) is 3.28. The molecule has 0 bridgehead atoms. The summed E-state index contributed by atoms with van der Waals surface area (Å²) in [6.45, 7) is -0.0138. The quantitative estimate of drug-likeness (QED) is 0.883. The van der Waals surface area contributed by atoms with Crippen molar-refractivity contribution >= 4 is 0 Å². The van der Waals surface area contributed by atoms with Gasteiger partial charge in [0.1, 0.15) is 12.0 Å². The van der Waals surface area contributed by atoms with Gasteiger partial charge in [-0.15, -0.1) is 0 Å². The van der Waals surface area contributed by atoms with E-state index >= 15 is 0 Å². The molecule has 100 valence electrons. The van der Waals surface area contributed by atoms with Gasteiger partial charge in [0.2, 0.25) is 0 Å². The number of ether oxygens (including phenoxy) is 1. The summed E-state index contributed by atoms with van der Waals surface area (Å²) in [4.78, 5) is 16.1. The summed E-state index contributed by atoms with van der Waals surface area (Å²) >= 11 is 0. The minimum Gasteiger partial charge on any atom is -0.394 e. The molecule has 3 rings (SSSR count). The lowest BCUT2D eigenvalue weighted by molar-refractivity contribution is -0.0245. The van der Waals surface area contributed by atoms with E-state index in [1.54, 1.807) is 16.8 Å². The number of aromatic nitrogens is 3. The van der Waals surface area contributed by atoms with Crippen molar-refractivity contribution in [2.24, 2.45) is 0 Å². The summed E-state index contributed by atoms with van der Waals surface area (Å²) in [5.41, 5.74) is -0.338. The second-order valence-electron chi connectivity index (χ2n) is 4.54. The van der Waals surface area contributed by atoms with Crippen molar-refractivity contribution in [3.63, 3.8) is 0 Å². The third kappa shape index (κ3) is 2.32. The Balaban J connectivity index is 1.87. The summed E-state index contributed by atoms with van der Waals surface area (Å²) in [5.74, 6) is 0.586.